The fraction of sp³-hybridized carbons (Fsp3) is 0.333. The Labute approximate surface area is 115 Å². The molecule has 0 fully saturated rings. The number of rotatable bonds is 3. The second kappa shape index (κ2) is 5.45. The molecule has 20 heavy (non-hydrogen) atoms. The maximum absolute atomic E-state index is 14.1. The number of carbonyl (C=O) groups excluding carboxylic acids is 1. The molecule has 0 aliphatic heterocycles. The van der Waals surface area contributed by atoms with Crippen LogP contribution in [-0.4, -0.2) is 17.6 Å². The molecule has 0 aliphatic rings. The van der Waals surface area contributed by atoms with Crippen molar-refractivity contribution in [2.45, 2.75) is 26.7 Å². The Kier molecular flexibility index (Phi) is 3.88. The summed E-state index contributed by atoms with van der Waals surface area (Å²) in [5.41, 5.74) is 0.410. The lowest BCUT2D eigenvalue weighted by atomic mass is 10.0. The van der Waals surface area contributed by atoms with Crippen molar-refractivity contribution in [3.63, 3.8) is 0 Å². The van der Waals surface area contributed by atoms with E-state index in [0.717, 1.165) is 5.56 Å². The maximum atomic E-state index is 14.1. The molecule has 0 bridgehead atoms. The molecule has 2 rings (SSSR count). The van der Waals surface area contributed by atoms with Crippen LogP contribution in [0.2, 0.25) is 0 Å². The molecule has 0 unspecified atom stereocenters. The average Bonchev–Trinajstić information content (AvgIpc) is 2.37. The lowest BCUT2D eigenvalue weighted by molar-refractivity contribution is 0.0524. The van der Waals surface area contributed by atoms with E-state index in [1.54, 1.807) is 13.0 Å². The van der Waals surface area contributed by atoms with E-state index in [4.69, 9.17) is 4.74 Å². The van der Waals surface area contributed by atoms with Crippen molar-refractivity contribution in [1.29, 1.82) is 0 Å². The number of esters is 1. The second-order valence-corrected chi connectivity index (χ2v) is 4.85. The van der Waals surface area contributed by atoms with Gasteiger partial charge in [0.15, 0.2) is 0 Å². The highest BCUT2D eigenvalue weighted by atomic mass is 19.1. The summed E-state index contributed by atoms with van der Waals surface area (Å²) < 4.78 is 18.9. The molecule has 0 atom stereocenters. The van der Waals surface area contributed by atoms with Gasteiger partial charge in [0.1, 0.15) is 11.4 Å². The van der Waals surface area contributed by atoms with Crippen LogP contribution in [0.3, 0.4) is 0 Å². The summed E-state index contributed by atoms with van der Waals surface area (Å²) >= 11 is 0. The third-order valence-corrected chi connectivity index (χ3v) is 3.10. The number of H-pyrrole nitrogens is 1. The van der Waals surface area contributed by atoms with Crippen LogP contribution in [0.15, 0.2) is 23.0 Å². The molecule has 1 aromatic carbocycles. The van der Waals surface area contributed by atoms with Gasteiger partial charge in [-0.15, -0.1) is 0 Å². The third kappa shape index (κ3) is 2.57. The van der Waals surface area contributed by atoms with E-state index >= 15 is 0 Å². The standard InChI is InChI=1S/C15H16FNO3/c1-4-20-15(19)11-7-10-12(16)5-9(8(2)3)6-13(10)17-14(11)18/h5-8H,4H2,1-3H3,(H,17,18). The molecule has 4 nitrogen and oxygen atoms in total. The van der Waals surface area contributed by atoms with Crippen molar-refractivity contribution in [2.75, 3.05) is 6.61 Å². The van der Waals surface area contributed by atoms with Gasteiger partial charge in [0.05, 0.1) is 12.1 Å². The van der Waals surface area contributed by atoms with E-state index in [1.807, 2.05) is 13.8 Å². The van der Waals surface area contributed by atoms with E-state index in [2.05, 4.69) is 4.98 Å². The van der Waals surface area contributed by atoms with Crippen LogP contribution in [0.25, 0.3) is 10.9 Å². The quantitative estimate of drug-likeness (QED) is 0.877. The second-order valence-electron chi connectivity index (χ2n) is 4.85. The zero-order valence-electron chi connectivity index (χ0n) is 11.6. The van der Waals surface area contributed by atoms with Crippen LogP contribution in [0.1, 0.15) is 42.6 Å². The summed E-state index contributed by atoms with van der Waals surface area (Å²) in [5, 5.41) is 0.206. The molecule has 0 saturated carbocycles. The van der Waals surface area contributed by atoms with Crippen molar-refractivity contribution in [1.82, 2.24) is 4.98 Å². The summed E-state index contributed by atoms with van der Waals surface area (Å²) in [7, 11) is 0. The number of carbonyl (C=O) groups is 1. The fourth-order valence-corrected chi connectivity index (χ4v) is 1.98. The van der Waals surface area contributed by atoms with Crippen LogP contribution >= 0.6 is 0 Å². The first-order chi connectivity index (χ1) is 9.43. The predicted molar refractivity (Wildman–Crippen MR) is 74.6 cm³/mol. The smallest absolute Gasteiger partial charge is 0.343 e. The van der Waals surface area contributed by atoms with E-state index in [0.29, 0.717) is 5.52 Å². The van der Waals surface area contributed by atoms with Gasteiger partial charge in [0.2, 0.25) is 0 Å². The number of aromatic nitrogens is 1. The van der Waals surface area contributed by atoms with Crippen molar-refractivity contribution in [3.8, 4) is 0 Å². The number of ether oxygens (including phenoxy) is 1. The van der Waals surface area contributed by atoms with Crippen LogP contribution in [0, 0.1) is 5.82 Å². The van der Waals surface area contributed by atoms with Gasteiger partial charge in [0.25, 0.3) is 5.56 Å². The highest BCUT2D eigenvalue weighted by Crippen LogP contribution is 2.23. The largest absolute Gasteiger partial charge is 0.462 e. The SMILES string of the molecule is CCOC(=O)c1cc2c(F)cc(C(C)C)cc2[nH]c1=O. The van der Waals surface area contributed by atoms with Gasteiger partial charge in [-0.3, -0.25) is 4.79 Å². The number of benzene rings is 1. The third-order valence-electron chi connectivity index (χ3n) is 3.10. The molecule has 1 N–H and O–H groups in total. The monoisotopic (exact) mass is 277 g/mol. The fourth-order valence-electron chi connectivity index (χ4n) is 1.98. The molecule has 0 spiro atoms. The van der Waals surface area contributed by atoms with Gasteiger partial charge >= 0.3 is 5.97 Å². The average molecular weight is 277 g/mol. The molecule has 0 saturated heterocycles. The van der Waals surface area contributed by atoms with Gasteiger partial charge < -0.3 is 9.72 Å². The minimum absolute atomic E-state index is 0.141. The van der Waals surface area contributed by atoms with Crippen molar-refractivity contribution < 1.29 is 13.9 Å². The van der Waals surface area contributed by atoms with Crippen LogP contribution in [0.5, 0.6) is 0 Å². The molecule has 0 radical (unpaired) electrons. The Balaban J connectivity index is 2.66. The predicted octanol–water partition coefficient (Wildman–Crippen LogP) is 2.97. The zero-order valence-corrected chi connectivity index (χ0v) is 11.6. The number of aromatic amines is 1. The van der Waals surface area contributed by atoms with Crippen LogP contribution in [0.4, 0.5) is 4.39 Å². The summed E-state index contributed by atoms with van der Waals surface area (Å²) in [5.74, 6) is -1.07. The minimum atomic E-state index is -0.747. The molecular weight excluding hydrogens is 261 g/mol. The van der Waals surface area contributed by atoms with Gasteiger partial charge in [0, 0.05) is 5.39 Å². The highest BCUT2D eigenvalue weighted by molar-refractivity contribution is 5.93. The van der Waals surface area contributed by atoms with Crippen LogP contribution in [-0.2, 0) is 4.74 Å². The van der Waals surface area contributed by atoms with Crippen molar-refractivity contribution >= 4 is 16.9 Å². The Morgan fingerprint density at radius 2 is 2.05 bits per heavy atom. The Morgan fingerprint density at radius 3 is 2.65 bits per heavy atom. The Morgan fingerprint density at radius 1 is 1.35 bits per heavy atom. The lowest BCUT2D eigenvalue weighted by Crippen LogP contribution is -2.19. The van der Waals surface area contributed by atoms with Gasteiger partial charge in [-0.2, -0.15) is 0 Å². The summed E-state index contributed by atoms with van der Waals surface area (Å²) in [6.07, 6.45) is 0. The Hall–Kier alpha value is -2.17. The molecule has 5 heteroatoms. The maximum Gasteiger partial charge on any atom is 0.343 e. The van der Waals surface area contributed by atoms with Crippen molar-refractivity contribution in [2.24, 2.45) is 0 Å². The molecule has 1 aromatic heterocycles. The minimum Gasteiger partial charge on any atom is -0.462 e. The zero-order chi connectivity index (χ0) is 14.9. The topological polar surface area (TPSA) is 59.2 Å². The molecule has 2 aromatic rings. The lowest BCUT2D eigenvalue weighted by Gasteiger charge is -2.09. The molecule has 0 aliphatic carbocycles. The number of hydrogen-bond donors (Lipinski definition) is 1. The molecule has 0 amide bonds. The number of halogens is 1. The van der Waals surface area contributed by atoms with Crippen molar-refractivity contribution in [3.05, 3.63) is 45.5 Å². The van der Waals surface area contributed by atoms with Gasteiger partial charge in [-0.1, -0.05) is 13.8 Å². The highest BCUT2D eigenvalue weighted by Gasteiger charge is 2.15. The van der Waals surface area contributed by atoms with Gasteiger partial charge in [-0.05, 0) is 36.6 Å². The first kappa shape index (κ1) is 14.2. The van der Waals surface area contributed by atoms with Gasteiger partial charge in [-0.25, -0.2) is 9.18 Å². The number of hydrogen-bond acceptors (Lipinski definition) is 3. The molecule has 1 heterocycles. The van der Waals surface area contributed by atoms with E-state index in [9.17, 15) is 14.0 Å². The Bertz CT molecular complexity index is 719. The number of nitrogens with one attached hydrogen (secondary N) is 1. The van der Waals surface area contributed by atoms with E-state index in [-0.39, 0.29) is 23.5 Å². The first-order valence-corrected chi connectivity index (χ1v) is 6.47. The van der Waals surface area contributed by atoms with E-state index in [1.165, 1.54) is 12.1 Å². The summed E-state index contributed by atoms with van der Waals surface area (Å²) in [4.78, 5) is 26.0. The van der Waals surface area contributed by atoms with E-state index < -0.39 is 17.3 Å². The summed E-state index contributed by atoms with van der Waals surface area (Å²) in [6.45, 7) is 5.67. The molecule has 106 valence electrons. The molecular formula is C15H16FNO3. The first-order valence-electron chi connectivity index (χ1n) is 6.47. The number of pyridine rings is 1. The number of fused-ring (bicyclic) bond motifs is 1. The van der Waals surface area contributed by atoms with Crippen LogP contribution < -0.4 is 5.56 Å². The normalized spacial score (nSPS) is 11.1. The summed E-state index contributed by atoms with van der Waals surface area (Å²) in [6, 6.07) is 4.38.